The van der Waals surface area contributed by atoms with Crippen molar-refractivity contribution in [3.8, 4) is 0 Å². The zero-order valence-electron chi connectivity index (χ0n) is 9.73. The summed E-state index contributed by atoms with van der Waals surface area (Å²) >= 11 is 0. The molecule has 0 radical (unpaired) electrons. The van der Waals surface area contributed by atoms with Gasteiger partial charge in [-0.15, -0.1) is 0 Å². The van der Waals surface area contributed by atoms with Crippen LogP contribution in [0, 0.1) is 11.8 Å². The standard InChI is InChI=1S/C12H20O3/c1-8-6-10(8)11-7-9(4-5-13)14-12(2,3)15-11/h5,8-11H,4,6-7H2,1-3H3/t8-,9+,10-,11+/m1/s1. The Balaban J connectivity index is 1.97. The second-order valence-corrected chi connectivity index (χ2v) is 5.31. The van der Waals surface area contributed by atoms with Gasteiger partial charge in [0, 0.05) is 12.8 Å². The minimum atomic E-state index is -0.529. The van der Waals surface area contributed by atoms with E-state index in [1.165, 1.54) is 6.42 Å². The van der Waals surface area contributed by atoms with Crippen molar-refractivity contribution in [2.75, 3.05) is 0 Å². The first kappa shape index (κ1) is 11.1. The van der Waals surface area contributed by atoms with Crippen LogP contribution in [0.1, 0.15) is 40.0 Å². The molecule has 3 nitrogen and oxygen atoms in total. The summed E-state index contributed by atoms with van der Waals surface area (Å²) in [6.07, 6.45) is 3.90. The smallest absolute Gasteiger partial charge is 0.163 e. The minimum absolute atomic E-state index is 0.0454. The van der Waals surface area contributed by atoms with E-state index in [0.717, 1.165) is 18.6 Å². The van der Waals surface area contributed by atoms with Crippen molar-refractivity contribution in [1.82, 2.24) is 0 Å². The first-order valence-corrected chi connectivity index (χ1v) is 5.81. The average Bonchev–Trinajstić information content (AvgIpc) is 2.80. The number of hydrogen-bond acceptors (Lipinski definition) is 3. The van der Waals surface area contributed by atoms with Crippen LogP contribution >= 0.6 is 0 Å². The van der Waals surface area contributed by atoms with E-state index in [4.69, 9.17) is 9.47 Å². The van der Waals surface area contributed by atoms with Crippen molar-refractivity contribution in [1.29, 1.82) is 0 Å². The zero-order chi connectivity index (χ0) is 11.1. The molecule has 0 aromatic heterocycles. The zero-order valence-corrected chi connectivity index (χ0v) is 9.73. The lowest BCUT2D eigenvalue weighted by atomic mass is 10.0. The lowest BCUT2D eigenvalue weighted by Crippen LogP contribution is -2.45. The summed E-state index contributed by atoms with van der Waals surface area (Å²) in [6.45, 7) is 6.12. The first-order valence-electron chi connectivity index (χ1n) is 5.81. The van der Waals surface area contributed by atoms with Crippen LogP contribution in [0.5, 0.6) is 0 Å². The van der Waals surface area contributed by atoms with Gasteiger partial charge in [-0.2, -0.15) is 0 Å². The third-order valence-corrected chi connectivity index (χ3v) is 3.39. The van der Waals surface area contributed by atoms with Crippen molar-refractivity contribution in [3.05, 3.63) is 0 Å². The van der Waals surface area contributed by atoms with Crippen molar-refractivity contribution in [2.24, 2.45) is 11.8 Å². The fourth-order valence-electron chi connectivity index (χ4n) is 2.53. The maximum absolute atomic E-state index is 10.5. The molecule has 0 unspecified atom stereocenters. The number of rotatable bonds is 3. The molecular formula is C12H20O3. The maximum Gasteiger partial charge on any atom is 0.163 e. The van der Waals surface area contributed by atoms with Gasteiger partial charge in [-0.05, 0) is 32.1 Å². The Labute approximate surface area is 91.1 Å². The number of carbonyl (C=O) groups excluding carboxylic acids is 1. The van der Waals surface area contributed by atoms with E-state index < -0.39 is 5.79 Å². The summed E-state index contributed by atoms with van der Waals surface area (Å²) < 4.78 is 11.6. The van der Waals surface area contributed by atoms with Crippen LogP contribution < -0.4 is 0 Å². The van der Waals surface area contributed by atoms with Gasteiger partial charge in [-0.3, -0.25) is 0 Å². The molecule has 2 fully saturated rings. The summed E-state index contributed by atoms with van der Waals surface area (Å²) in [5.74, 6) is 0.932. The highest BCUT2D eigenvalue weighted by molar-refractivity contribution is 5.50. The highest BCUT2D eigenvalue weighted by atomic mass is 16.7. The summed E-state index contributed by atoms with van der Waals surface area (Å²) in [5, 5.41) is 0. The second kappa shape index (κ2) is 3.87. The second-order valence-electron chi connectivity index (χ2n) is 5.31. The molecule has 1 aliphatic heterocycles. The first-order chi connectivity index (χ1) is 7.02. The Morgan fingerprint density at radius 1 is 1.33 bits per heavy atom. The van der Waals surface area contributed by atoms with Crippen molar-refractivity contribution < 1.29 is 14.3 Å². The lowest BCUT2D eigenvalue weighted by Gasteiger charge is -2.40. The molecule has 3 heteroatoms. The Bertz CT molecular complexity index is 249. The Morgan fingerprint density at radius 3 is 2.53 bits per heavy atom. The molecule has 86 valence electrons. The summed E-state index contributed by atoms with van der Waals surface area (Å²) in [5.41, 5.74) is 0. The predicted octanol–water partition coefficient (Wildman–Crippen LogP) is 2.14. The van der Waals surface area contributed by atoms with E-state index in [1.54, 1.807) is 0 Å². The van der Waals surface area contributed by atoms with Gasteiger partial charge in [0.2, 0.25) is 0 Å². The topological polar surface area (TPSA) is 35.5 Å². The van der Waals surface area contributed by atoms with E-state index in [0.29, 0.717) is 12.3 Å². The monoisotopic (exact) mass is 212 g/mol. The fourth-order valence-corrected chi connectivity index (χ4v) is 2.53. The minimum Gasteiger partial charge on any atom is -0.347 e. The molecule has 0 aromatic carbocycles. The number of aldehydes is 1. The van der Waals surface area contributed by atoms with Crippen LogP contribution in [-0.2, 0) is 14.3 Å². The molecule has 1 saturated heterocycles. The SMILES string of the molecule is C[C@@H]1C[C@H]1[C@@H]1C[C@H](CC=O)OC(C)(C)O1. The van der Waals surface area contributed by atoms with E-state index in [9.17, 15) is 4.79 Å². The molecule has 0 bridgehead atoms. The van der Waals surface area contributed by atoms with E-state index in [1.807, 2.05) is 13.8 Å². The van der Waals surface area contributed by atoms with Gasteiger partial charge < -0.3 is 14.3 Å². The van der Waals surface area contributed by atoms with Crippen molar-refractivity contribution >= 4 is 6.29 Å². The summed E-state index contributed by atoms with van der Waals surface area (Å²) in [4.78, 5) is 10.5. The van der Waals surface area contributed by atoms with Crippen LogP contribution in [0.25, 0.3) is 0 Å². The molecule has 0 amide bonds. The Kier molecular flexibility index (Phi) is 2.86. The van der Waals surface area contributed by atoms with E-state index >= 15 is 0 Å². The predicted molar refractivity (Wildman–Crippen MR) is 56.4 cm³/mol. The molecule has 2 rings (SSSR count). The third-order valence-electron chi connectivity index (χ3n) is 3.39. The van der Waals surface area contributed by atoms with Crippen LogP contribution in [0.4, 0.5) is 0 Å². The maximum atomic E-state index is 10.5. The van der Waals surface area contributed by atoms with Gasteiger partial charge in [-0.25, -0.2) is 0 Å². The quantitative estimate of drug-likeness (QED) is 0.672. The molecule has 0 N–H and O–H groups in total. The Hall–Kier alpha value is -0.410. The number of hydrogen-bond donors (Lipinski definition) is 0. The molecule has 0 spiro atoms. The van der Waals surface area contributed by atoms with Gasteiger partial charge in [0.05, 0.1) is 12.2 Å². The van der Waals surface area contributed by atoms with Gasteiger partial charge in [0.1, 0.15) is 6.29 Å². The molecular weight excluding hydrogens is 192 g/mol. The number of ether oxygens (including phenoxy) is 2. The van der Waals surface area contributed by atoms with Crippen molar-refractivity contribution in [3.63, 3.8) is 0 Å². The van der Waals surface area contributed by atoms with Gasteiger partial charge >= 0.3 is 0 Å². The molecule has 0 aromatic rings. The largest absolute Gasteiger partial charge is 0.347 e. The van der Waals surface area contributed by atoms with Gasteiger partial charge in [-0.1, -0.05) is 6.92 Å². The molecule has 2 aliphatic rings. The van der Waals surface area contributed by atoms with Crippen LogP contribution in [0.3, 0.4) is 0 Å². The van der Waals surface area contributed by atoms with Crippen LogP contribution in [0.15, 0.2) is 0 Å². The normalized spacial score (nSPS) is 43.7. The van der Waals surface area contributed by atoms with E-state index in [2.05, 4.69) is 6.92 Å². The van der Waals surface area contributed by atoms with Crippen LogP contribution in [0.2, 0.25) is 0 Å². The van der Waals surface area contributed by atoms with Crippen molar-refractivity contribution in [2.45, 2.75) is 58.0 Å². The third kappa shape index (κ3) is 2.58. The number of carbonyl (C=O) groups is 1. The molecule has 15 heavy (non-hydrogen) atoms. The fraction of sp³-hybridized carbons (Fsp3) is 0.917. The van der Waals surface area contributed by atoms with Gasteiger partial charge in [0.15, 0.2) is 5.79 Å². The highest BCUT2D eigenvalue weighted by Crippen LogP contribution is 2.46. The van der Waals surface area contributed by atoms with Crippen LogP contribution in [-0.4, -0.2) is 24.3 Å². The molecule has 1 saturated carbocycles. The summed E-state index contributed by atoms with van der Waals surface area (Å²) in [7, 11) is 0. The molecule has 1 aliphatic carbocycles. The highest BCUT2D eigenvalue weighted by Gasteiger charge is 2.46. The van der Waals surface area contributed by atoms with Gasteiger partial charge in [0.25, 0.3) is 0 Å². The molecule has 1 heterocycles. The Morgan fingerprint density at radius 2 is 2.00 bits per heavy atom. The average molecular weight is 212 g/mol. The molecule has 4 atom stereocenters. The van der Waals surface area contributed by atoms with E-state index in [-0.39, 0.29) is 12.2 Å². The lowest BCUT2D eigenvalue weighted by molar-refractivity contribution is -0.302. The summed E-state index contributed by atoms with van der Waals surface area (Å²) in [6, 6.07) is 0.